The monoisotopic (exact) mass is 513 g/mol. The van der Waals surface area contributed by atoms with Gasteiger partial charge in [0.1, 0.15) is 23.1 Å². The van der Waals surface area contributed by atoms with Crippen LogP contribution in [0.1, 0.15) is 27.0 Å². The van der Waals surface area contributed by atoms with Gasteiger partial charge in [0.25, 0.3) is 5.91 Å². The minimum atomic E-state index is -1.53. The van der Waals surface area contributed by atoms with Crippen molar-refractivity contribution in [3.63, 3.8) is 0 Å². The normalized spacial score (nSPS) is 14.3. The number of para-hydroxylation sites is 2. The van der Waals surface area contributed by atoms with Crippen molar-refractivity contribution >= 4 is 17.5 Å². The third-order valence-corrected chi connectivity index (χ3v) is 7.01. The number of halogens is 2. The van der Waals surface area contributed by atoms with E-state index in [4.69, 9.17) is 9.47 Å². The number of ether oxygens (including phenoxy) is 2. The van der Waals surface area contributed by atoms with E-state index in [0.29, 0.717) is 17.1 Å². The Kier molecular flexibility index (Phi) is 6.68. The Bertz CT molecular complexity index is 1490. The first-order chi connectivity index (χ1) is 18.4. The van der Waals surface area contributed by atoms with Crippen LogP contribution in [0.25, 0.3) is 0 Å². The number of anilines is 1. The molecule has 0 aromatic heterocycles. The van der Waals surface area contributed by atoms with Gasteiger partial charge < -0.3 is 9.47 Å². The number of amides is 2. The van der Waals surface area contributed by atoms with Gasteiger partial charge in [0.2, 0.25) is 5.91 Å². The fourth-order valence-electron chi connectivity index (χ4n) is 5.16. The zero-order valence-corrected chi connectivity index (χ0v) is 20.9. The molecule has 4 aromatic rings. The summed E-state index contributed by atoms with van der Waals surface area (Å²) in [4.78, 5) is 29.6. The zero-order valence-electron chi connectivity index (χ0n) is 20.9. The molecule has 0 N–H and O–H groups in total. The van der Waals surface area contributed by atoms with Gasteiger partial charge in [0.05, 0.1) is 25.3 Å². The highest BCUT2D eigenvalue weighted by Crippen LogP contribution is 2.45. The molecule has 1 aliphatic heterocycles. The molecule has 0 saturated carbocycles. The van der Waals surface area contributed by atoms with Crippen molar-refractivity contribution in [3.8, 4) is 11.5 Å². The van der Waals surface area contributed by atoms with E-state index in [1.807, 2.05) is 0 Å². The van der Waals surface area contributed by atoms with Crippen LogP contribution in [0, 0.1) is 11.6 Å². The number of rotatable bonds is 7. The summed E-state index contributed by atoms with van der Waals surface area (Å²) in [5.41, 5.74) is -0.152. The van der Waals surface area contributed by atoms with Crippen molar-refractivity contribution < 1.29 is 27.8 Å². The van der Waals surface area contributed by atoms with Crippen LogP contribution in [0.2, 0.25) is 0 Å². The van der Waals surface area contributed by atoms with Gasteiger partial charge in [0, 0.05) is 5.56 Å². The Labute approximate surface area is 219 Å². The average Bonchev–Trinajstić information content (AvgIpc) is 2.94. The number of carbonyl (C=O) groups is 2. The Morgan fingerprint density at radius 1 is 0.737 bits per heavy atom. The Morgan fingerprint density at radius 3 is 1.89 bits per heavy atom. The number of nitrogens with zero attached hydrogens (tertiary/aromatic N) is 1. The fraction of sp³-hybridized carbons (Fsp3) is 0.161. The van der Waals surface area contributed by atoms with Crippen LogP contribution >= 0.6 is 0 Å². The summed E-state index contributed by atoms with van der Waals surface area (Å²) >= 11 is 0. The maximum absolute atomic E-state index is 15.1. The van der Waals surface area contributed by atoms with E-state index < -0.39 is 28.9 Å². The third-order valence-electron chi connectivity index (χ3n) is 7.01. The second-order valence-electron chi connectivity index (χ2n) is 9.15. The number of imide groups is 1. The highest BCUT2D eigenvalue weighted by molar-refractivity contribution is 6.28. The summed E-state index contributed by atoms with van der Waals surface area (Å²) in [6.07, 6.45) is -0.212. The molecule has 7 heteroatoms. The molecule has 1 heterocycles. The van der Waals surface area contributed by atoms with E-state index in [1.54, 1.807) is 78.9 Å². The number of carbonyl (C=O) groups excluding carboxylic acids is 2. The number of methoxy groups -OCH3 is 2. The SMILES string of the molecule is COc1ccc2c(c1)C(=O)N(c1ccccc1OC)C(=O)C2(Cc1ccccc1F)Cc1ccccc1F. The largest absolute Gasteiger partial charge is 0.497 e. The molecule has 192 valence electrons. The molecule has 0 bridgehead atoms. The standard InChI is InChI=1S/C31H25F2NO4/c1-37-22-15-16-24-23(17-22)29(35)34(27-13-7-8-14-28(27)38-2)30(36)31(24,18-20-9-3-5-11-25(20)32)19-21-10-4-6-12-26(21)33/h3-17H,18-19H2,1-2H3. The van der Waals surface area contributed by atoms with Gasteiger partial charge in [-0.3, -0.25) is 9.59 Å². The lowest BCUT2D eigenvalue weighted by atomic mass is 9.66. The van der Waals surface area contributed by atoms with E-state index in [-0.39, 0.29) is 35.2 Å². The van der Waals surface area contributed by atoms with Gasteiger partial charge in [-0.15, -0.1) is 0 Å². The zero-order chi connectivity index (χ0) is 26.9. The number of benzene rings is 4. The molecule has 0 radical (unpaired) electrons. The minimum Gasteiger partial charge on any atom is -0.497 e. The highest BCUT2D eigenvalue weighted by Gasteiger charge is 2.52. The molecule has 0 unspecified atom stereocenters. The van der Waals surface area contributed by atoms with E-state index in [9.17, 15) is 9.59 Å². The van der Waals surface area contributed by atoms with Crippen molar-refractivity contribution in [2.45, 2.75) is 18.3 Å². The number of hydrogen-bond acceptors (Lipinski definition) is 4. The van der Waals surface area contributed by atoms with E-state index in [0.717, 1.165) is 4.90 Å². The number of hydrogen-bond donors (Lipinski definition) is 0. The molecule has 2 amide bonds. The summed E-state index contributed by atoms with van der Waals surface area (Å²) in [5.74, 6) is -1.45. The van der Waals surface area contributed by atoms with Crippen LogP contribution in [0.4, 0.5) is 14.5 Å². The lowest BCUT2D eigenvalue weighted by Gasteiger charge is -2.42. The Balaban J connectivity index is 1.82. The molecule has 0 aliphatic carbocycles. The van der Waals surface area contributed by atoms with Crippen LogP contribution in [-0.2, 0) is 23.1 Å². The van der Waals surface area contributed by atoms with Crippen molar-refractivity contribution in [2.75, 3.05) is 19.1 Å². The van der Waals surface area contributed by atoms with Crippen molar-refractivity contribution in [2.24, 2.45) is 0 Å². The molecule has 0 fully saturated rings. The van der Waals surface area contributed by atoms with Gasteiger partial charge in [-0.1, -0.05) is 54.6 Å². The molecule has 1 aliphatic rings. The van der Waals surface area contributed by atoms with Crippen LogP contribution < -0.4 is 14.4 Å². The first-order valence-corrected chi connectivity index (χ1v) is 12.1. The lowest BCUT2D eigenvalue weighted by molar-refractivity contribution is -0.124. The molecule has 38 heavy (non-hydrogen) atoms. The van der Waals surface area contributed by atoms with E-state index >= 15 is 8.78 Å². The van der Waals surface area contributed by atoms with Gasteiger partial charge in [-0.2, -0.15) is 0 Å². The predicted octanol–water partition coefficient (Wildman–Crippen LogP) is 5.89. The van der Waals surface area contributed by atoms with Crippen molar-refractivity contribution in [1.29, 1.82) is 0 Å². The first-order valence-electron chi connectivity index (χ1n) is 12.1. The molecule has 5 nitrogen and oxygen atoms in total. The summed E-state index contributed by atoms with van der Waals surface area (Å²) in [6.45, 7) is 0. The number of fused-ring (bicyclic) bond motifs is 1. The average molecular weight is 514 g/mol. The van der Waals surface area contributed by atoms with E-state index in [2.05, 4.69) is 0 Å². The smallest absolute Gasteiger partial charge is 0.265 e. The highest BCUT2D eigenvalue weighted by atomic mass is 19.1. The quantitative estimate of drug-likeness (QED) is 0.289. The van der Waals surface area contributed by atoms with Gasteiger partial charge in [0.15, 0.2) is 0 Å². The van der Waals surface area contributed by atoms with Gasteiger partial charge in [-0.05, 0) is 65.9 Å². The molecule has 5 rings (SSSR count). The lowest BCUT2D eigenvalue weighted by Crippen LogP contribution is -2.57. The fourth-order valence-corrected chi connectivity index (χ4v) is 5.16. The Morgan fingerprint density at radius 2 is 1.32 bits per heavy atom. The van der Waals surface area contributed by atoms with E-state index in [1.165, 1.54) is 26.4 Å². The maximum atomic E-state index is 15.1. The minimum absolute atomic E-state index is 0.106. The molecule has 0 atom stereocenters. The van der Waals surface area contributed by atoms with Crippen LogP contribution in [0.3, 0.4) is 0 Å². The second-order valence-corrected chi connectivity index (χ2v) is 9.15. The summed E-state index contributed by atoms with van der Waals surface area (Å²) in [5, 5.41) is 0. The second kappa shape index (κ2) is 10.1. The summed E-state index contributed by atoms with van der Waals surface area (Å²) < 4.78 is 41.0. The summed E-state index contributed by atoms with van der Waals surface area (Å²) in [7, 11) is 2.92. The molecular formula is C31H25F2NO4. The molecule has 0 spiro atoms. The molecule has 4 aromatic carbocycles. The Hall–Kier alpha value is -4.52. The van der Waals surface area contributed by atoms with Crippen LogP contribution in [0.15, 0.2) is 91.0 Å². The predicted molar refractivity (Wildman–Crippen MR) is 140 cm³/mol. The maximum Gasteiger partial charge on any atom is 0.265 e. The topological polar surface area (TPSA) is 55.8 Å². The van der Waals surface area contributed by atoms with Gasteiger partial charge in [-0.25, -0.2) is 13.7 Å². The molecular weight excluding hydrogens is 488 g/mol. The van der Waals surface area contributed by atoms with Crippen molar-refractivity contribution in [1.82, 2.24) is 0 Å². The van der Waals surface area contributed by atoms with Crippen LogP contribution in [0.5, 0.6) is 11.5 Å². The third kappa shape index (κ3) is 4.20. The molecule has 0 saturated heterocycles. The van der Waals surface area contributed by atoms with Crippen LogP contribution in [-0.4, -0.2) is 26.0 Å². The van der Waals surface area contributed by atoms with Crippen molar-refractivity contribution in [3.05, 3.63) is 125 Å². The van der Waals surface area contributed by atoms with Gasteiger partial charge >= 0.3 is 0 Å². The summed E-state index contributed by atoms with van der Waals surface area (Å²) in [6, 6.07) is 23.8. The first kappa shape index (κ1) is 25.1.